The number of fused-ring (bicyclic) bond motifs is 7. The average molecular weight is 790 g/mol. The smallest absolute Gasteiger partial charge is 0.145 e. The molecule has 12 rings (SSSR count). The number of para-hydroxylation sites is 2. The van der Waals surface area contributed by atoms with Gasteiger partial charge in [0.2, 0.25) is 0 Å². The summed E-state index contributed by atoms with van der Waals surface area (Å²) in [6, 6.07) is 85.3. The predicted molar refractivity (Wildman–Crippen MR) is 262 cm³/mol. The lowest BCUT2D eigenvalue weighted by Crippen LogP contribution is -2.11. The van der Waals surface area contributed by atoms with Crippen LogP contribution in [0.1, 0.15) is 0 Å². The molecular weight excluding hydrogens is 751 g/mol. The summed E-state index contributed by atoms with van der Waals surface area (Å²) in [6.07, 6.45) is 0. The Morgan fingerprint density at radius 3 is 1.47 bits per heavy atom. The second-order valence-corrected chi connectivity index (χ2v) is 15.9. The maximum absolute atomic E-state index is 5.37. The molecule has 0 unspecified atom stereocenters. The van der Waals surface area contributed by atoms with Gasteiger partial charge in [0.1, 0.15) is 5.82 Å². The van der Waals surface area contributed by atoms with Gasteiger partial charge in [0.25, 0.3) is 0 Å². The Kier molecular flexibility index (Phi) is 8.50. The van der Waals surface area contributed by atoms with Crippen LogP contribution < -0.4 is 4.90 Å². The van der Waals surface area contributed by atoms with Gasteiger partial charge in [0, 0.05) is 33.3 Å². The van der Waals surface area contributed by atoms with Crippen molar-refractivity contribution in [3.63, 3.8) is 0 Å². The summed E-state index contributed by atoms with van der Waals surface area (Å²) in [7, 11) is 0. The van der Waals surface area contributed by atoms with Crippen LogP contribution >= 0.6 is 0 Å². The van der Waals surface area contributed by atoms with E-state index in [0.29, 0.717) is 0 Å². The van der Waals surface area contributed by atoms with Crippen LogP contribution in [0, 0.1) is 0 Å². The standard InChI is InChI=1S/C59H39N3/c1-3-17-41(18-4-1)59-60-58-50(31-16-32-55(58)62(59)46-23-5-2-6-24-46)43-22-15-21-42(37-43)40-33-35-47(36-34-40)61(56-38-44-19-7-9-25-48(44)51-27-11-13-29-53(51)56)57-39-45-20-8-10-26-49(45)52-28-12-14-30-54(52)57/h1-39H. The van der Waals surface area contributed by atoms with Gasteiger partial charge >= 0.3 is 0 Å². The minimum Gasteiger partial charge on any atom is -0.309 e. The summed E-state index contributed by atoms with van der Waals surface area (Å²) < 4.78 is 2.28. The molecule has 0 amide bonds. The van der Waals surface area contributed by atoms with Crippen LogP contribution in [0.2, 0.25) is 0 Å². The molecule has 3 nitrogen and oxygen atoms in total. The fourth-order valence-electron chi connectivity index (χ4n) is 9.47. The van der Waals surface area contributed by atoms with Gasteiger partial charge in [-0.1, -0.05) is 188 Å². The topological polar surface area (TPSA) is 21.1 Å². The zero-order valence-corrected chi connectivity index (χ0v) is 33.9. The molecule has 0 fully saturated rings. The quantitative estimate of drug-likeness (QED) is 0.150. The van der Waals surface area contributed by atoms with Crippen molar-refractivity contribution in [2.75, 3.05) is 4.90 Å². The van der Waals surface area contributed by atoms with E-state index in [1.54, 1.807) is 0 Å². The van der Waals surface area contributed by atoms with Gasteiger partial charge in [-0.05, 0) is 97.5 Å². The summed E-state index contributed by atoms with van der Waals surface area (Å²) in [5.74, 6) is 0.925. The van der Waals surface area contributed by atoms with Crippen molar-refractivity contribution < 1.29 is 0 Å². The summed E-state index contributed by atoms with van der Waals surface area (Å²) in [5.41, 5.74) is 12.1. The molecule has 0 bridgehead atoms. The highest BCUT2D eigenvalue weighted by Crippen LogP contribution is 2.46. The largest absolute Gasteiger partial charge is 0.309 e. The summed E-state index contributed by atoms with van der Waals surface area (Å²) in [4.78, 5) is 7.84. The number of aromatic nitrogens is 2. The molecule has 0 N–H and O–H groups in total. The van der Waals surface area contributed by atoms with E-state index in [-0.39, 0.29) is 0 Å². The second-order valence-electron chi connectivity index (χ2n) is 15.9. The first-order valence-electron chi connectivity index (χ1n) is 21.2. The Balaban J connectivity index is 1.01. The normalized spacial score (nSPS) is 11.5. The van der Waals surface area contributed by atoms with E-state index in [1.165, 1.54) is 43.1 Å². The van der Waals surface area contributed by atoms with Gasteiger partial charge in [0.15, 0.2) is 0 Å². The SMILES string of the molecule is c1ccc(-c2nc3c(-c4cccc(-c5ccc(N(c6cc7ccccc7c7ccccc67)c6cc7ccccc7c7ccccc67)cc5)c4)cccc3n2-c2ccccc2)cc1. The summed E-state index contributed by atoms with van der Waals surface area (Å²) >= 11 is 0. The Hall–Kier alpha value is -8.27. The lowest BCUT2D eigenvalue weighted by molar-refractivity contribution is 1.10. The fraction of sp³-hybridized carbons (Fsp3) is 0. The Morgan fingerprint density at radius 2 is 0.839 bits per heavy atom. The van der Waals surface area contributed by atoms with Crippen molar-refractivity contribution in [3.05, 3.63) is 237 Å². The van der Waals surface area contributed by atoms with Crippen molar-refractivity contribution in [1.29, 1.82) is 0 Å². The number of benzene rings is 11. The van der Waals surface area contributed by atoms with Crippen molar-refractivity contribution in [2.24, 2.45) is 0 Å². The van der Waals surface area contributed by atoms with Crippen LogP contribution in [-0.2, 0) is 0 Å². The molecule has 0 saturated carbocycles. The molecule has 0 aliphatic carbocycles. The molecule has 3 heteroatoms. The fourth-order valence-corrected chi connectivity index (χ4v) is 9.47. The van der Waals surface area contributed by atoms with Crippen molar-refractivity contribution in [3.8, 4) is 39.3 Å². The first-order chi connectivity index (χ1) is 30.8. The second kappa shape index (κ2) is 14.8. The van der Waals surface area contributed by atoms with E-state index in [0.717, 1.165) is 67.4 Å². The molecule has 1 heterocycles. The number of imidazole rings is 1. The highest BCUT2D eigenvalue weighted by Gasteiger charge is 2.22. The van der Waals surface area contributed by atoms with Gasteiger partial charge in [-0.2, -0.15) is 0 Å². The highest BCUT2D eigenvalue weighted by atomic mass is 15.1. The zero-order chi connectivity index (χ0) is 41.0. The van der Waals surface area contributed by atoms with Crippen LogP contribution in [0.3, 0.4) is 0 Å². The van der Waals surface area contributed by atoms with E-state index in [4.69, 9.17) is 4.98 Å². The molecule has 0 radical (unpaired) electrons. The maximum atomic E-state index is 5.37. The van der Waals surface area contributed by atoms with E-state index in [1.807, 2.05) is 0 Å². The van der Waals surface area contributed by atoms with E-state index < -0.39 is 0 Å². The van der Waals surface area contributed by atoms with Crippen LogP contribution in [0.15, 0.2) is 237 Å². The van der Waals surface area contributed by atoms with Crippen molar-refractivity contribution in [2.45, 2.75) is 0 Å². The maximum Gasteiger partial charge on any atom is 0.145 e. The zero-order valence-electron chi connectivity index (χ0n) is 33.9. The van der Waals surface area contributed by atoms with Crippen LogP contribution in [0.25, 0.3) is 93.5 Å². The number of rotatable bonds is 7. The summed E-state index contributed by atoms with van der Waals surface area (Å²) in [6.45, 7) is 0. The van der Waals surface area contributed by atoms with E-state index >= 15 is 0 Å². The Morgan fingerprint density at radius 1 is 0.339 bits per heavy atom. The highest BCUT2D eigenvalue weighted by molar-refractivity contribution is 6.18. The molecule has 0 aliphatic rings. The monoisotopic (exact) mass is 789 g/mol. The van der Waals surface area contributed by atoms with E-state index in [2.05, 4.69) is 246 Å². The third-order valence-electron chi connectivity index (χ3n) is 12.3. The molecule has 0 aliphatic heterocycles. The van der Waals surface area contributed by atoms with Gasteiger partial charge in [-0.25, -0.2) is 4.98 Å². The van der Waals surface area contributed by atoms with Gasteiger partial charge in [-0.3, -0.25) is 4.57 Å². The lowest BCUT2D eigenvalue weighted by atomic mass is 9.96. The van der Waals surface area contributed by atoms with Crippen molar-refractivity contribution in [1.82, 2.24) is 9.55 Å². The number of anilines is 3. The van der Waals surface area contributed by atoms with E-state index in [9.17, 15) is 0 Å². The third-order valence-corrected chi connectivity index (χ3v) is 12.3. The molecule has 0 saturated heterocycles. The summed E-state index contributed by atoms with van der Waals surface area (Å²) in [5, 5.41) is 9.83. The minimum atomic E-state index is 0.925. The molecule has 290 valence electrons. The molecule has 12 aromatic rings. The third kappa shape index (κ3) is 5.94. The molecular formula is C59H39N3. The van der Waals surface area contributed by atoms with Gasteiger partial charge < -0.3 is 4.90 Å². The first kappa shape index (κ1) is 35.7. The molecule has 0 spiro atoms. The Bertz CT molecular complexity index is 3510. The molecule has 62 heavy (non-hydrogen) atoms. The van der Waals surface area contributed by atoms with Gasteiger partial charge in [0.05, 0.1) is 22.4 Å². The number of nitrogens with zero attached hydrogens (tertiary/aromatic N) is 3. The molecule has 1 aromatic heterocycles. The minimum absolute atomic E-state index is 0.925. The van der Waals surface area contributed by atoms with Crippen molar-refractivity contribution >= 4 is 71.2 Å². The van der Waals surface area contributed by atoms with Gasteiger partial charge in [-0.15, -0.1) is 0 Å². The van der Waals surface area contributed by atoms with Crippen LogP contribution in [0.5, 0.6) is 0 Å². The lowest BCUT2D eigenvalue weighted by Gasteiger charge is -2.29. The number of hydrogen-bond donors (Lipinski definition) is 0. The van der Waals surface area contributed by atoms with Crippen LogP contribution in [-0.4, -0.2) is 9.55 Å². The van der Waals surface area contributed by atoms with Crippen LogP contribution in [0.4, 0.5) is 17.1 Å². The molecule has 11 aromatic carbocycles. The predicted octanol–water partition coefficient (Wildman–Crippen LogP) is 16.1. The molecule has 0 atom stereocenters. The average Bonchev–Trinajstić information content (AvgIpc) is 3.75. The number of hydrogen-bond acceptors (Lipinski definition) is 2. The Labute approximate surface area is 360 Å². The first-order valence-corrected chi connectivity index (χ1v) is 21.2.